The number of ether oxygens (including phenoxy) is 1. The molecule has 1 heterocycles. The molecule has 1 aromatic rings. The summed E-state index contributed by atoms with van der Waals surface area (Å²) < 4.78 is 5.26. The monoisotopic (exact) mass is 261 g/mol. The zero-order chi connectivity index (χ0) is 13.6. The van der Waals surface area contributed by atoms with E-state index in [1.165, 1.54) is 0 Å². The molecule has 5 heteroatoms. The van der Waals surface area contributed by atoms with Crippen molar-refractivity contribution in [2.45, 2.75) is 31.1 Å². The van der Waals surface area contributed by atoms with Crippen molar-refractivity contribution < 1.29 is 19.4 Å². The second kappa shape index (κ2) is 3.98. The number of hydrogen-bond donors (Lipinski definition) is 2. The molecule has 0 atom stereocenters. The Morgan fingerprint density at radius 2 is 2.21 bits per heavy atom. The molecule has 2 N–H and O–H groups in total. The Bertz CT molecular complexity index is 575. The maximum Gasteiger partial charge on any atom is 0.304 e. The van der Waals surface area contributed by atoms with Crippen molar-refractivity contribution in [2.75, 3.05) is 12.4 Å². The van der Waals surface area contributed by atoms with Gasteiger partial charge in [0, 0.05) is 11.1 Å². The third-order valence-corrected chi connectivity index (χ3v) is 3.96. The van der Waals surface area contributed by atoms with Crippen LogP contribution in [0, 0.1) is 0 Å². The highest BCUT2D eigenvalue weighted by molar-refractivity contribution is 6.00. The Labute approximate surface area is 110 Å². The molecular formula is C14H15NO4. The van der Waals surface area contributed by atoms with E-state index >= 15 is 0 Å². The van der Waals surface area contributed by atoms with Crippen LogP contribution in [0.25, 0.3) is 0 Å². The molecule has 2 aliphatic rings. The van der Waals surface area contributed by atoms with E-state index in [0.717, 1.165) is 29.7 Å². The number of carboxylic acid groups (broad SMARTS) is 1. The normalized spacial score (nSPS) is 18.7. The quantitative estimate of drug-likeness (QED) is 0.865. The van der Waals surface area contributed by atoms with Gasteiger partial charge in [-0.2, -0.15) is 0 Å². The molecule has 100 valence electrons. The SMILES string of the molecule is COc1cc2c(c(C3(CC(=O)O)CC3)c1)NC(=O)C2. The highest BCUT2D eigenvalue weighted by Gasteiger charge is 2.48. The number of amides is 1. The fourth-order valence-corrected chi connectivity index (χ4v) is 2.83. The van der Waals surface area contributed by atoms with Gasteiger partial charge < -0.3 is 15.2 Å². The summed E-state index contributed by atoms with van der Waals surface area (Å²) in [5, 5.41) is 11.9. The lowest BCUT2D eigenvalue weighted by atomic mass is 9.89. The van der Waals surface area contributed by atoms with Crippen molar-refractivity contribution in [2.24, 2.45) is 0 Å². The maximum atomic E-state index is 11.6. The van der Waals surface area contributed by atoms with Gasteiger partial charge in [-0.1, -0.05) is 0 Å². The summed E-state index contributed by atoms with van der Waals surface area (Å²) in [5.41, 5.74) is 2.28. The lowest BCUT2D eigenvalue weighted by Crippen LogP contribution is -2.15. The molecule has 1 aromatic carbocycles. The van der Waals surface area contributed by atoms with Gasteiger partial charge in [0.05, 0.1) is 20.0 Å². The van der Waals surface area contributed by atoms with E-state index in [0.29, 0.717) is 12.2 Å². The first kappa shape index (κ1) is 12.0. The van der Waals surface area contributed by atoms with Crippen LogP contribution in [0.2, 0.25) is 0 Å². The number of benzene rings is 1. The second-order valence-electron chi connectivity index (χ2n) is 5.28. The molecule has 0 unspecified atom stereocenters. The van der Waals surface area contributed by atoms with E-state index in [1.807, 2.05) is 12.1 Å². The number of anilines is 1. The highest BCUT2D eigenvalue weighted by atomic mass is 16.5. The fourth-order valence-electron chi connectivity index (χ4n) is 2.83. The number of methoxy groups -OCH3 is 1. The molecule has 5 nitrogen and oxygen atoms in total. The van der Waals surface area contributed by atoms with Crippen LogP contribution in [-0.4, -0.2) is 24.1 Å². The summed E-state index contributed by atoms with van der Waals surface area (Å²) >= 11 is 0. The first-order chi connectivity index (χ1) is 9.04. The smallest absolute Gasteiger partial charge is 0.304 e. The van der Waals surface area contributed by atoms with Gasteiger partial charge in [-0.15, -0.1) is 0 Å². The topological polar surface area (TPSA) is 75.6 Å². The molecular weight excluding hydrogens is 246 g/mol. The summed E-state index contributed by atoms with van der Waals surface area (Å²) in [7, 11) is 1.58. The number of carbonyl (C=O) groups is 2. The molecule has 19 heavy (non-hydrogen) atoms. The minimum Gasteiger partial charge on any atom is -0.497 e. The van der Waals surface area contributed by atoms with Gasteiger partial charge in [-0.25, -0.2) is 0 Å². The summed E-state index contributed by atoms with van der Waals surface area (Å²) in [6.07, 6.45) is 2.12. The third-order valence-electron chi connectivity index (χ3n) is 3.96. The van der Waals surface area contributed by atoms with Crippen molar-refractivity contribution in [3.8, 4) is 5.75 Å². The number of fused-ring (bicyclic) bond motifs is 1. The van der Waals surface area contributed by atoms with Gasteiger partial charge in [0.2, 0.25) is 5.91 Å². The van der Waals surface area contributed by atoms with Gasteiger partial charge in [-0.05, 0) is 36.1 Å². The maximum absolute atomic E-state index is 11.6. The van der Waals surface area contributed by atoms with Crippen LogP contribution in [0.3, 0.4) is 0 Å². The van der Waals surface area contributed by atoms with Crippen LogP contribution in [0.15, 0.2) is 12.1 Å². The lowest BCUT2D eigenvalue weighted by Gasteiger charge is -2.18. The van der Waals surface area contributed by atoms with Gasteiger partial charge >= 0.3 is 5.97 Å². The zero-order valence-corrected chi connectivity index (χ0v) is 10.7. The summed E-state index contributed by atoms with van der Waals surface area (Å²) in [5.74, 6) is -0.170. The molecule has 0 aromatic heterocycles. The first-order valence-electron chi connectivity index (χ1n) is 6.27. The first-order valence-corrected chi connectivity index (χ1v) is 6.27. The Morgan fingerprint density at radius 3 is 2.79 bits per heavy atom. The average Bonchev–Trinajstić information content (AvgIpc) is 3.00. The second-order valence-corrected chi connectivity index (χ2v) is 5.28. The van der Waals surface area contributed by atoms with E-state index in [4.69, 9.17) is 9.84 Å². The van der Waals surface area contributed by atoms with E-state index in [2.05, 4.69) is 5.32 Å². The van der Waals surface area contributed by atoms with Gasteiger partial charge in [0.25, 0.3) is 0 Å². The molecule has 1 aliphatic heterocycles. The predicted octanol–water partition coefficient (Wildman–Crippen LogP) is 1.70. The Morgan fingerprint density at radius 1 is 1.47 bits per heavy atom. The van der Waals surface area contributed by atoms with Gasteiger partial charge in [-0.3, -0.25) is 9.59 Å². The van der Waals surface area contributed by atoms with E-state index < -0.39 is 5.97 Å². The van der Waals surface area contributed by atoms with E-state index in [1.54, 1.807) is 7.11 Å². The van der Waals surface area contributed by atoms with Crippen molar-refractivity contribution >= 4 is 17.6 Å². The molecule has 1 aliphatic carbocycles. The molecule has 1 fully saturated rings. The van der Waals surface area contributed by atoms with Crippen molar-refractivity contribution in [1.29, 1.82) is 0 Å². The third kappa shape index (κ3) is 1.95. The van der Waals surface area contributed by atoms with Crippen molar-refractivity contribution in [1.82, 2.24) is 0 Å². The molecule has 3 rings (SSSR count). The Balaban J connectivity index is 2.08. The summed E-state index contributed by atoms with van der Waals surface area (Å²) in [4.78, 5) is 22.6. The lowest BCUT2D eigenvalue weighted by molar-refractivity contribution is -0.137. The van der Waals surface area contributed by atoms with E-state index in [-0.39, 0.29) is 17.7 Å². The minimum atomic E-state index is -0.807. The molecule has 0 saturated heterocycles. The Hall–Kier alpha value is -2.04. The van der Waals surface area contributed by atoms with Crippen LogP contribution in [0.5, 0.6) is 5.75 Å². The van der Waals surface area contributed by atoms with Crippen LogP contribution in [-0.2, 0) is 21.4 Å². The van der Waals surface area contributed by atoms with Crippen LogP contribution in [0.1, 0.15) is 30.4 Å². The number of rotatable bonds is 4. The minimum absolute atomic E-state index is 0.0457. The number of nitrogens with one attached hydrogen (secondary N) is 1. The zero-order valence-electron chi connectivity index (χ0n) is 10.7. The molecule has 0 bridgehead atoms. The average molecular weight is 261 g/mol. The molecule has 0 spiro atoms. The van der Waals surface area contributed by atoms with Crippen LogP contribution < -0.4 is 10.1 Å². The molecule has 1 amide bonds. The Kier molecular flexibility index (Phi) is 2.52. The van der Waals surface area contributed by atoms with Gasteiger partial charge in [0.15, 0.2) is 0 Å². The van der Waals surface area contributed by atoms with Crippen molar-refractivity contribution in [3.05, 3.63) is 23.3 Å². The van der Waals surface area contributed by atoms with E-state index in [9.17, 15) is 9.59 Å². The predicted molar refractivity (Wildman–Crippen MR) is 68.5 cm³/mol. The van der Waals surface area contributed by atoms with Crippen LogP contribution >= 0.6 is 0 Å². The van der Waals surface area contributed by atoms with Crippen LogP contribution in [0.4, 0.5) is 5.69 Å². The molecule has 0 radical (unpaired) electrons. The number of carboxylic acids is 1. The highest BCUT2D eigenvalue weighted by Crippen LogP contribution is 2.55. The van der Waals surface area contributed by atoms with Crippen molar-refractivity contribution in [3.63, 3.8) is 0 Å². The summed E-state index contributed by atoms with van der Waals surface area (Å²) in [6.45, 7) is 0. The number of hydrogen-bond acceptors (Lipinski definition) is 3. The summed E-state index contributed by atoms with van der Waals surface area (Å²) in [6, 6.07) is 3.70. The largest absolute Gasteiger partial charge is 0.497 e. The standard InChI is InChI=1S/C14H15NO4/c1-19-9-4-8-5-11(16)15-13(8)10(6-9)14(2-3-14)7-12(17)18/h4,6H,2-3,5,7H2,1H3,(H,15,16)(H,17,18). The number of carbonyl (C=O) groups excluding carboxylic acids is 1. The fraction of sp³-hybridized carbons (Fsp3) is 0.429. The molecule has 1 saturated carbocycles. The van der Waals surface area contributed by atoms with Gasteiger partial charge in [0.1, 0.15) is 5.75 Å². The number of aliphatic carboxylic acids is 1.